The molecule has 0 atom stereocenters. The fraction of sp³-hybridized carbons (Fsp3) is 0.632. The molecule has 2 aliphatic carbocycles. The van der Waals surface area contributed by atoms with E-state index in [0.717, 1.165) is 5.17 Å². The Balaban J connectivity index is 1.72. The standard InChI is InChI=1S/C19H28N2S/c20-19(22-18-14-8-3-9-15-18)21(16-10-4-1-5-11-16)17-12-6-2-7-13-17/h3,8-9,14-17,20H,1-2,4-7,10-13H2. The molecule has 0 bridgehead atoms. The molecule has 3 heteroatoms. The number of nitrogens with one attached hydrogen (secondary N) is 1. The highest BCUT2D eigenvalue weighted by atomic mass is 32.2. The highest BCUT2D eigenvalue weighted by molar-refractivity contribution is 8.13. The van der Waals surface area contributed by atoms with Gasteiger partial charge in [0.15, 0.2) is 5.17 Å². The van der Waals surface area contributed by atoms with E-state index in [1.807, 2.05) is 6.07 Å². The van der Waals surface area contributed by atoms with Gasteiger partial charge in [-0.2, -0.15) is 0 Å². The van der Waals surface area contributed by atoms with Crippen molar-refractivity contribution in [2.75, 3.05) is 0 Å². The lowest BCUT2D eigenvalue weighted by atomic mass is 9.89. The highest BCUT2D eigenvalue weighted by Crippen LogP contribution is 2.33. The zero-order valence-corrected chi connectivity index (χ0v) is 14.3. The van der Waals surface area contributed by atoms with Crippen LogP contribution in [0, 0.1) is 5.41 Å². The molecule has 0 aliphatic heterocycles. The van der Waals surface area contributed by atoms with Crippen LogP contribution in [0.25, 0.3) is 0 Å². The van der Waals surface area contributed by atoms with Gasteiger partial charge in [0, 0.05) is 17.0 Å². The fourth-order valence-electron chi connectivity index (χ4n) is 4.00. The number of benzene rings is 1. The van der Waals surface area contributed by atoms with E-state index in [1.165, 1.54) is 69.1 Å². The van der Waals surface area contributed by atoms with Gasteiger partial charge < -0.3 is 4.90 Å². The van der Waals surface area contributed by atoms with Gasteiger partial charge in [-0.1, -0.05) is 68.5 Å². The Hall–Kier alpha value is -0.960. The van der Waals surface area contributed by atoms with Crippen LogP contribution in [0.3, 0.4) is 0 Å². The first-order valence-corrected chi connectivity index (χ1v) is 9.76. The predicted octanol–water partition coefficient (Wildman–Crippen LogP) is 5.68. The SMILES string of the molecule is N=C(Sc1ccccc1)N(C1CCCCC1)C1CCCCC1. The van der Waals surface area contributed by atoms with Gasteiger partial charge in [0.2, 0.25) is 0 Å². The molecule has 1 aromatic carbocycles. The predicted molar refractivity (Wildman–Crippen MR) is 95.6 cm³/mol. The third kappa shape index (κ3) is 4.07. The molecule has 0 amide bonds. The summed E-state index contributed by atoms with van der Waals surface area (Å²) in [6.45, 7) is 0. The number of thioether (sulfide) groups is 1. The van der Waals surface area contributed by atoms with Crippen LogP contribution in [0.4, 0.5) is 0 Å². The largest absolute Gasteiger partial charge is 0.345 e. The summed E-state index contributed by atoms with van der Waals surface area (Å²) >= 11 is 1.65. The number of nitrogens with zero attached hydrogens (tertiary/aromatic N) is 1. The van der Waals surface area contributed by atoms with Crippen molar-refractivity contribution in [3.8, 4) is 0 Å². The molecular weight excluding hydrogens is 288 g/mol. The first kappa shape index (κ1) is 15.9. The second-order valence-electron chi connectivity index (χ2n) is 6.71. The van der Waals surface area contributed by atoms with Crippen LogP contribution in [0.15, 0.2) is 35.2 Å². The summed E-state index contributed by atoms with van der Waals surface area (Å²) < 4.78 is 0. The summed E-state index contributed by atoms with van der Waals surface area (Å²) in [6, 6.07) is 11.7. The number of hydrogen-bond donors (Lipinski definition) is 1. The molecule has 0 unspecified atom stereocenters. The van der Waals surface area contributed by atoms with E-state index < -0.39 is 0 Å². The third-order valence-electron chi connectivity index (χ3n) is 5.13. The molecule has 2 nitrogen and oxygen atoms in total. The zero-order chi connectivity index (χ0) is 15.2. The molecule has 1 N–H and O–H groups in total. The van der Waals surface area contributed by atoms with Crippen molar-refractivity contribution < 1.29 is 0 Å². The smallest absolute Gasteiger partial charge is 0.161 e. The van der Waals surface area contributed by atoms with Crippen LogP contribution in [-0.2, 0) is 0 Å². The minimum absolute atomic E-state index is 0.612. The third-order valence-corrected chi connectivity index (χ3v) is 6.04. The van der Waals surface area contributed by atoms with E-state index in [0.29, 0.717) is 12.1 Å². The van der Waals surface area contributed by atoms with Crippen molar-refractivity contribution in [3.05, 3.63) is 30.3 Å². The second-order valence-corrected chi connectivity index (χ2v) is 7.77. The van der Waals surface area contributed by atoms with Gasteiger partial charge in [-0.15, -0.1) is 0 Å². The van der Waals surface area contributed by atoms with Crippen LogP contribution in [-0.4, -0.2) is 22.2 Å². The summed E-state index contributed by atoms with van der Waals surface area (Å²) in [4.78, 5) is 3.71. The average molecular weight is 317 g/mol. The van der Waals surface area contributed by atoms with Gasteiger partial charge in [-0.05, 0) is 37.8 Å². The van der Waals surface area contributed by atoms with Crippen LogP contribution < -0.4 is 0 Å². The van der Waals surface area contributed by atoms with E-state index in [9.17, 15) is 0 Å². The van der Waals surface area contributed by atoms with Crippen LogP contribution in [0.1, 0.15) is 64.2 Å². The minimum atomic E-state index is 0.612. The Morgan fingerprint density at radius 3 is 1.82 bits per heavy atom. The molecule has 0 radical (unpaired) electrons. The van der Waals surface area contributed by atoms with Crippen molar-refractivity contribution in [1.29, 1.82) is 5.41 Å². The maximum absolute atomic E-state index is 8.74. The van der Waals surface area contributed by atoms with Crippen molar-refractivity contribution in [3.63, 3.8) is 0 Å². The van der Waals surface area contributed by atoms with E-state index in [2.05, 4.69) is 29.2 Å². The van der Waals surface area contributed by atoms with Gasteiger partial charge in [-0.25, -0.2) is 0 Å². The van der Waals surface area contributed by atoms with Crippen LogP contribution in [0.5, 0.6) is 0 Å². The lowest BCUT2D eigenvalue weighted by Crippen LogP contribution is -2.47. The van der Waals surface area contributed by atoms with Gasteiger partial charge in [-0.3, -0.25) is 5.41 Å². The fourth-order valence-corrected chi connectivity index (χ4v) is 4.92. The first-order chi connectivity index (χ1) is 10.8. The summed E-state index contributed by atoms with van der Waals surface area (Å²) in [7, 11) is 0. The molecule has 0 spiro atoms. The minimum Gasteiger partial charge on any atom is -0.345 e. The zero-order valence-electron chi connectivity index (χ0n) is 13.5. The molecule has 1 aromatic rings. The van der Waals surface area contributed by atoms with Gasteiger partial charge in [0.05, 0.1) is 0 Å². The molecule has 0 heterocycles. The molecule has 2 fully saturated rings. The van der Waals surface area contributed by atoms with Crippen molar-refractivity contribution in [2.45, 2.75) is 81.2 Å². The van der Waals surface area contributed by atoms with E-state index in [-0.39, 0.29) is 0 Å². The van der Waals surface area contributed by atoms with E-state index in [4.69, 9.17) is 5.41 Å². The average Bonchev–Trinajstić information content (AvgIpc) is 2.58. The highest BCUT2D eigenvalue weighted by Gasteiger charge is 2.30. The monoisotopic (exact) mass is 316 g/mol. The van der Waals surface area contributed by atoms with Gasteiger partial charge >= 0.3 is 0 Å². The number of hydrogen-bond acceptors (Lipinski definition) is 2. The Morgan fingerprint density at radius 1 is 0.818 bits per heavy atom. The molecular formula is C19H28N2S. The Morgan fingerprint density at radius 2 is 1.32 bits per heavy atom. The van der Waals surface area contributed by atoms with Crippen molar-refractivity contribution >= 4 is 16.9 Å². The molecule has 2 aliphatic rings. The van der Waals surface area contributed by atoms with Gasteiger partial charge in [0.25, 0.3) is 0 Å². The second kappa shape index (κ2) is 8.05. The van der Waals surface area contributed by atoms with E-state index in [1.54, 1.807) is 11.8 Å². The molecule has 22 heavy (non-hydrogen) atoms. The number of amidine groups is 1. The van der Waals surface area contributed by atoms with Crippen LogP contribution in [0.2, 0.25) is 0 Å². The Kier molecular flexibility index (Phi) is 5.82. The first-order valence-electron chi connectivity index (χ1n) is 8.94. The summed E-state index contributed by atoms with van der Waals surface area (Å²) in [5, 5.41) is 9.53. The normalized spacial score (nSPS) is 20.7. The molecule has 3 rings (SSSR count). The summed E-state index contributed by atoms with van der Waals surface area (Å²) in [5.41, 5.74) is 0. The molecule has 0 aromatic heterocycles. The summed E-state index contributed by atoms with van der Waals surface area (Å²) in [6.07, 6.45) is 13.3. The number of rotatable bonds is 3. The Bertz CT molecular complexity index is 444. The quantitative estimate of drug-likeness (QED) is 0.441. The molecule has 120 valence electrons. The lowest BCUT2D eigenvalue weighted by molar-refractivity contribution is 0.160. The topological polar surface area (TPSA) is 27.1 Å². The maximum atomic E-state index is 8.74. The molecule has 0 saturated heterocycles. The van der Waals surface area contributed by atoms with Crippen LogP contribution >= 0.6 is 11.8 Å². The van der Waals surface area contributed by atoms with E-state index >= 15 is 0 Å². The lowest BCUT2D eigenvalue weighted by Gasteiger charge is -2.43. The maximum Gasteiger partial charge on any atom is 0.161 e. The van der Waals surface area contributed by atoms with Crippen molar-refractivity contribution in [1.82, 2.24) is 4.90 Å². The Labute approximate surface area is 139 Å². The summed E-state index contributed by atoms with van der Waals surface area (Å²) in [5.74, 6) is 0. The molecule has 2 saturated carbocycles. The van der Waals surface area contributed by atoms with Gasteiger partial charge in [0.1, 0.15) is 0 Å². The van der Waals surface area contributed by atoms with Crippen molar-refractivity contribution in [2.24, 2.45) is 0 Å².